The molecule has 3 aromatic rings. The maximum atomic E-state index is 14.3. The van der Waals surface area contributed by atoms with E-state index in [4.69, 9.17) is 5.73 Å². The Balaban J connectivity index is 2.33. The van der Waals surface area contributed by atoms with Crippen LogP contribution in [0.3, 0.4) is 0 Å². The van der Waals surface area contributed by atoms with Crippen molar-refractivity contribution < 1.29 is 4.39 Å². The van der Waals surface area contributed by atoms with Gasteiger partial charge in [-0.1, -0.05) is 6.07 Å². The van der Waals surface area contributed by atoms with Gasteiger partial charge >= 0.3 is 0 Å². The summed E-state index contributed by atoms with van der Waals surface area (Å²) in [5.74, 6) is 0.298. The molecule has 0 amide bonds. The van der Waals surface area contributed by atoms with Gasteiger partial charge in [-0.05, 0) is 56.7 Å². The molecule has 0 aliphatic rings. The fourth-order valence-electron chi connectivity index (χ4n) is 2.63. The van der Waals surface area contributed by atoms with Crippen LogP contribution in [-0.2, 0) is 0 Å². The Kier molecular flexibility index (Phi) is 3.16. The number of halogens is 1. The van der Waals surface area contributed by atoms with E-state index in [0.717, 1.165) is 16.6 Å². The number of benzene rings is 2. The smallest absolute Gasteiger partial charge is 0.144 e. The Hall–Kier alpha value is -2.36. The normalized spacial score (nSPS) is 11.5. The van der Waals surface area contributed by atoms with Gasteiger partial charge in [0.15, 0.2) is 0 Å². The molecule has 0 bridgehead atoms. The molecule has 4 heteroatoms. The van der Waals surface area contributed by atoms with E-state index in [2.05, 4.69) is 23.4 Å². The minimum absolute atomic E-state index is 0.185. The van der Waals surface area contributed by atoms with Gasteiger partial charge in [-0.25, -0.2) is 9.37 Å². The third-order valence-electron chi connectivity index (χ3n) is 3.60. The lowest BCUT2D eigenvalue weighted by atomic mass is 10.1. The molecule has 2 N–H and O–H groups in total. The quantitative estimate of drug-likeness (QED) is 0.712. The second-order valence-electron chi connectivity index (χ2n) is 5.63. The fraction of sp³-hybridized carbons (Fsp3) is 0.235. The monoisotopic (exact) mass is 283 g/mol. The van der Waals surface area contributed by atoms with Gasteiger partial charge in [0.25, 0.3) is 0 Å². The van der Waals surface area contributed by atoms with Gasteiger partial charge < -0.3 is 10.3 Å². The van der Waals surface area contributed by atoms with Gasteiger partial charge in [-0.15, -0.1) is 0 Å². The van der Waals surface area contributed by atoms with Crippen LogP contribution in [0.1, 0.15) is 25.5 Å². The molecule has 0 atom stereocenters. The van der Waals surface area contributed by atoms with Crippen molar-refractivity contribution in [2.45, 2.75) is 26.8 Å². The first kappa shape index (κ1) is 13.6. The van der Waals surface area contributed by atoms with E-state index in [9.17, 15) is 4.39 Å². The van der Waals surface area contributed by atoms with E-state index in [1.807, 2.05) is 25.1 Å². The Labute approximate surface area is 123 Å². The molecule has 0 saturated carbocycles. The van der Waals surface area contributed by atoms with E-state index in [-0.39, 0.29) is 11.9 Å². The number of hydrogen-bond acceptors (Lipinski definition) is 2. The van der Waals surface area contributed by atoms with Gasteiger partial charge in [0.2, 0.25) is 0 Å². The van der Waals surface area contributed by atoms with Crippen molar-refractivity contribution in [3.63, 3.8) is 0 Å². The first-order valence-corrected chi connectivity index (χ1v) is 7.01. The number of nitrogens with two attached hydrogens (primary N) is 1. The average molecular weight is 283 g/mol. The summed E-state index contributed by atoms with van der Waals surface area (Å²) in [6.45, 7) is 6.16. The molecule has 1 heterocycles. The van der Waals surface area contributed by atoms with Gasteiger partial charge in [-0.2, -0.15) is 0 Å². The summed E-state index contributed by atoms with van der Waals surface area (Å²) in [5.41, 5.74) is 9.56. The zero-order valence-corrected chi connectivity index (χ0v) is 12.4. The van der Waals surface area contributed by atoms with Crippen LogP contribution >= 0.6 is 0 Å². The number of hydrogen-bond donors (Lipinski definition) is 1. The van der Waals surface area contributed by atoms with Crippen LogP contribution in [0, 0.1) is 12.7 Å². The Morgan fingerprint density at radius 2 is 1.90 bits per heavy atom. The maximum Gasteiger partial charge on any atom is 0.144 e. The summed E-state index contributed by atoms with van der Waals surface area (Å²) in [6.07, 6.45) is 0. The van der Waals surface area contributed by atoms with Crippen molar-refractivity contribution in [2.75, 3.05) is 5.73 Å². The molecule has 0 fully saturated rings. The highest BCUT2D eigenvalue weighted by Crippen LogP contribution is 2.31. The number of aromatic nitrogens is 2. The molecule has 0 aliphatic heterocycles. The SMILES string of the molecule is Cc1ccc2c(c1)nc(-c1ccc(N)cc1F)n2C(C)C. The number of nitrogens with zero attached hydrogens (tertiary/aromatic N) is 2. The fourth-order valence-corrected chi connectivity index (χ4v) is 2.63. The van der Waals surface area contributed by atoms with Crippen molar-refractivity contribution >= 4 is 16.7 Å². The third kappa shape index (κ3) is 2.27. The molecule has 0 spiro atoms. The topological polar surface area (TPSA) is 43.8 Å². The predicted octanol–water partition coefficient (Wildman–Crippen LogP) is 4.31. The zero-order chi connectivity index (χ0) is 15.1. The molecule has 3 nitrogen and oxygen atoms in total. The summed E-state index contributed by atoms with van der Waals surface area (Å²) in [7, 11) is 0. The minimum atomic E-state index is -0.344. The van der Waals surface area contributed by atoms with Gasteiger partial charge in [0, 0.05) is 11.7 Å². The van der Waals surface area contributed by atoms with Crippen molar-refractivity contribution in [1.29, 1.82) is 0 Å². The van der Waals surface area contributed by atoms with Crippen molar-refractivity contribution in [3.8, 4) is 11.4 Å². The molecule has 3 rings (SSSR count). The maximum absolute atomic E-state index is 14.3. The largest absolute Gasteiger partial charge is 0.399 e. The first-order chi connectivity index (χ1) is 9.97. The first-order valence-electron chi connectivity index (χ1n) is 7.01. The number of anilines is 1. The van der Waals surface area contributed by atoms with E-state index >= 15 is 0 Å². The van der Waals surface area contributed by atoms with E-state index in [1.54, 1.807) is 12.1 Å². The van der Waals surface area contributed by atoms with Crippen LogP contribution < -0.4 is 5.73 Å². The Morgan fingerprint density at radius 3 is 2.57 bits per heavy atom. The van der Waals surface area contributed by atoms with Gasteiger partial charge in [0.1, 0.15) is 11.6 Å². The number of imidazole rings is 1. The van der Waals surface area contributed by atoms with Gasteiger partial charge in [-0.3, -0.25) is 0 Å². The molecule has 21 heavy (non-hydrogen) atoms. The molecule has 2 aromatic carbocycles. The highest BCUT2D eigenvalue weighted by molar-refractivity contribution is 5.81. The second kappa shape index (κ2) is 4.88. The predicted molar refractivity (Wildman–Crippen MR) is 84.7 cm³/mol. The molecular weight excluding hydrogens is 265 g/mol. The summed E-state index contributed by atoms with van der Waals surface area (Å²) in [4.78, 5) is 4.64. The van der Waals surface area contributed by atoms with Crippen molar-refractivity contribution in [1.82, 2.24) is 9.55 Å². The van der Waals surface area contributed by atoms with Crippen LogP contribution in [0.25, 0.3) is 22.4 Å². The second-order valence-corrected chi connectivity index (χ2v) is 5.63. The molecule has 0 unspecified atom stereocenters. The highest BCUT2D eigenvalue weighted by atomic mass is 19.1. The van der Waals surface area contributed by atoms with Crippen LogP contribution in [-0.4, -0.2) is 9.55 Å². The molecule has 1 aromatic heterocycles. The van der Waals surface area contributed by atoms with Crippen LogP contribution in [0.2, 0.25) is 0 Å². The van der Waals surface area contributed by atoms with Crippen LogP contribution in [0.4, 0.5) is 10.1 Å². The molecule has 0 saturated heterocycles. The standard InChI is InChI=1S/C17H18FN3/c1-10(2)21-16-7-4-11(3)8-15(16)20-17(21)13-6-5-12(19)9-14(13)18/h4-10H,19H2,1-3H3. The zero-order valence-electron chi connectivity index (χ0n) is 12.4. The lowest BCUT2D eigenvalue weighted by Crippen LogP contribution is -2.04. The summed E-state index contributed by atoms with van der Waals surface area (Å²) in [5, 5.41) is 0. The third-order valence-corrected chi connectivity index (χ3v) is 3.60. The highest BCUT2D eigenvalue weighted by Gasteiger charge is 2.17. The lowest BCUT2D eigenvalue weighted by Gasteiger charge is -2.13. The summed E-state index contributed by atoms with van der Waals surface area (Å²) >= 11 is 0. The summed E-state index contributed by atoms with van der Waals surface area (Å²) in [6, 6.07) is 11.0. The van der Waals surface area contributed by atoms with Crippen LogP contribution in [0.5, 0.6) is 0 Å². The Morgan fingerprint density at radius 1 is 1.14 bits per heavy atom. The molecule has 0 radical (unpaired) electrons. The average Bonchev–Trinajstić information content (AvgIpc) is 2.76. The van der Waals surface area contributed by atoms with Gasteiger partial charge in [0.05, 0.1) is 16.6 Å². The van der Waals surface area contributed by atoms with E-state index < -0.39 is 0 Å². The number of aryl methyl sites for hydroxylation is 1. The number of nitrogen functional groups attached to an aromatic ring is 1. The number of fused-ring (bicyclic) bond motifs is 1. The van der Waals surface area contributed by atoms with Crippen LogP contribution in [0.15, 0.2) is 36.4 Å². The molecule has 108 valence electrons. The minimum Gasteiger partial charge on any atom is -0.399 e. The molecular formula is C17H18FN3. The summed E-state index contributed by atoms with van der Waals surface area (Å²) < 4.78 is 16.3. The Bertz CT molecular complexity index is 818. The van der Waals surface area contributed by atoms with E-state index in [1.165, 1.54) is 6.07 Å². The van der Waals surface area contributed by atoms with Crippen molar-refractivity contribution in [2.24, 2.45) is 0 Å². The van der Waals surface area contributed by atoms with Crippen molar-refractivity contribution in [3.05, 3.63) is 47.8 Å². The lowest BCUT2D eigenvalue weighted by molar-refractivity contribution is 0.608. The molecule has 0 aliphatic carbocycles. The van der Waals surface area contributed by atoms with E-state index in [0.29, 0.717) is 17.1 Å². The number of rotatable bonds is 2.